The Kier molecular flexibility index (Phi) is 2.72. The van der Waals surface area contributed by atoms with Crippen molar-refractivity contribution >= 4 is 17.8 Å². The average molecular weight is 220 g/mol. The molecule has 84 valence electrons. The normalized spacial score (nSPS) is 15.4. The molecule has 0 atom stereocenters. The molecular weight excluding hydrogens is 208 g/mol. The molecule has 2 heterocycles. The van der Waals surface area contributed by atoms with Crippen molar-refractivity contribution in [3.05, 3.63) is 24.4 Å². The number of amides is 3. The lowest BCUT2D eigenvalue weighted by Crippen LogP contribution is -2.34. The minimum atomic E-state index is -0.309. The maximum Gasteiger partial charge on any atom is 0.324 e. The summed E-state index contributed by atoms with van der Waals surface area (Å²) in [6.07, 6.45) is 1.59. The second kappa shape index (κ2) is 4.18. The zero-order valence-corrected chi connectivity index (χ0v) is 8.88. The molecule has 0 bridgehead atoms. The zero-order valence-electron chi connectivity index (χ0n) is 8.88. The molecule has 6 nitrogen and oxygen atoms in total. The van der Waals surface area contributed by atoms with Gasteiger partial charge in [0.2, 0.25) is 5.91 Å². The quantitative estimate of drug-likeness (QED) is 0.742. The second-order valence-electron chi connectivity index (χ2n) is 3.58. The first-order valence-electron chi connectivity index (χ1n) is 4.88. The number of urea groups is 1. The van der Waals surface area contributed by atoms with Crippen LogP contribution in [0.3, 0.4) is 0 Å². The van der Waals surface area contributed by atoms with Crippen molar-refractivity contribution in [3.63, 3.8) is 0 Å². The van der Waals surface area contributed by atoms with Crippen LogP contribution in [0.2, 0.25) is 0 Å². The van der Waals surface area contributed by atoms with Crippen molar-refractivity contribution in [1.82, 2.24) is 14.8 Å². The summed E-state index contributed by atoms with van der Waals surface area (Å²) >= 11 is 0. The topological polar surface area (TPSA) is 65.5 Å². The molecule has 1 N–H and O–H groups in total. The van der Waals surface area contributed by atoms with E-state index in [4.69, 9.17) is 0 Å². The van der Waals surface area contributed by atoms with Crippen LogP contribution in [-0.4, -0.2) is 47.0 Å². The fourth-order valence-corrected chi connectivity index (χ4v) is 1.43. The highest BCUT2D eigenvalue weighted by Gasteiger charge is 2.28. The average Bonchev–Trinajstić information content (AvgIpc) is 2.61. The van der Waals surface area contributed by atoms with Gasteiger partial charge in [-0.3, -0.25) is 15.0 Å². The third-order valence-corrected chi connectivity index (χ3v) is 2.32. The maximum absolute atomic E-state index is 11.7. The van der Waals surface area contributed by atoms with Crippen LogP contribution in [-0.2, 0) is 4.79 Å². The van der Waals surface area contributed by atoms with Crippen LogP contribution >= 0.6 is 0 Å². The van der Waals surface area contributed by atoms with Crippen molar-refractivity contribution in [2.45, 2.75) is 0 Å². The molecule has 1 aromatic rings. The monoisotopic (exact) mass is 220 g/mol. The van der Waals surface area contributed by atoms with Gasteiger partial charge in [0.1, 0.15) is 12.4 Å². The molecular formula is C10H12N4O2. The summed E-state index contributed by atoms with van der Waals surface area (Å²) < 4.78 is 0. The van der Waals surface area contributed by atoms with Crippen LogP contribution in [0.4, 0.5) is 10.6 Å². The zero-order chi connectivity index (χ0) is 11.5. The van der Waals surface area contributed by atoms with Crippen LogP contribution in [0.5, 0.6) is 0 Å². The highest BCUT2D eigenvalue weighted by molar-refractivity contribution is 5.93. The van der Waals surface area contributed by atoms with Crippen LogP contribution in [0, 0.1) is 0 Å². The Morgan fingerprint density at radius 3 is 2.88 bits per heavy atom. The minimum Gasteiger partial charge on any atom is -0.326 e. The molecule has 0 unspecified atom stereocenters. The number of carbonyl (C=O) groups is 2. The number of carbonyl (C=O) groups excluding carboxylic acids is 2. The summed E-state index contributed by atoms with van der Waals surface area (Å²) in [4.78, 5) is 29.8. The van der Waals surface area contributed by atoms with E-state index in [1.54, 1.807) is 31.4 Å². The first kappa shape index (κ1) is 10.4. The Morgan fingerprint density at radius 1 is 1.50 bits per heavy atom. The number of nitrogens with one attached hydrogen (secondary N) is 1. The van der Waals surface area contributed by atoms with Gasteiger partial charge in [-0.1, -0.05) is 6.07 Å². The van der Waals surface area contributed by atoms with E-state index >= 15 is 0 Å². The third-order valence-electron chi connectivity index (χ3n) is 2.32. The molecule has 0 aliphatic carbocycles. The summed E-state index contributed by atoms with van der Waals surface area (Å²) in [5.41, 5.74) is 0. The molecule has 1 aliphatic heterocycles. The number of nitrogens with zero attached hydrogens (tertiary/aromatic N) is 3. The highest BCUT2D eigenvalue weighted by Crippen LogP contribution is 2.07. The van der Waals surface area contributed by atoms with Gasteiger partial charge in [-0.2, -0.15) is 0 Å². The van der Waals surface area contributed by atoms with E-state index in [2.05, 4.69) is 10.3 Å². The lowest BCUT2D eigenvalue weighted by molar-refractivity contribution is -0.125. The number of likely N-dealkylation sites (N-methyl/N-ethyl adjacent to an activating group) is 1. The molecule has 1 fully saturated rings. The Morgan fingerprint density at radius 2 is 2.31 bits per heavy atom. The molecule has 2 rings (SSSR count). The SMILES string of the molecule is CN1CN(C(=O)Nc2ccccn2)CC1=O. The predicted octanol–water partition coefficient (Wildman–Crippen LogP) is 0.345. The van der Waals surface area contributed by atoms with Gasteiger partial charge in [-0.15, -0.1) is 0 Å². The molecule has 0 aromatic carbocycles. The first-order valence-corrected chi connectivity index (χ1v) is 4.88. The standard InChI is InChI=1S/C10H12N4O2/c1-13-7-14(6-9(13)15)10(16)12-8-4-2-3-5-11-8/h2-5H,6-7H2,1H3,(H,11,12,16). The van der Waals surface area contributed by atoms with E-state index in [1.807, 2.05) is 0 Å². The number of aromatic nitrogens is 1. The van der Waals surface area contributed by atoms with Crippen molar-refractivity contribution in [3.8, 4) is 0 Å². The van der Waals surface area contributed by atoms with Gasteiger partial charge in [-0.05, 0) is 12.1 Å². The Bertz CT molecular complexity index is 407. The van der Waals surface area contributed by atoms with E-state index in [0.29, 0.717) is 12.5 Å². The Balaban J connectivity index is 1.97. The minimum absolute atomic E-state index is 0.0591. The van der Waals surface area contributed by atoms with E-state index in [9.17, 15) is 9.59 Å². The molecule has 0 saturated carbocycles. The first-order chi connectivity index (χ1) is 7.66. The number of pyridine rings is 1. The summed E-state index contributed by atoms with van der Waals surface area (Å²) in [7, 11) is 1.66. The van der Waals surface area contributed by atoms with Crippen molar-refractivity contribution in [2.24, 2.45) is 0 Å². The maximum atomic E-state index is 11.7. The van der Waals surface area contributed by atoms with E-state index in [0.717, 1.165) is 0 Å². The summed E-state index contributed by atoms with van der Waals surface area (Å²) in [6.45, 7) is 0.437. The smallest absolute Gasteiger partial charge is 0.324 e. The van der Waals surface area contributed by atoms with Gasteiger partial charge < -0.3 is 4.90 Å². The van der Waals surface area contributed by atoms with Crippen LogP contribution < -0.4 is 5.32 Å². The lowest BCUT2D eigenvalue weighted by atomic mass is 10.4. The Hall–Kier alpha value is -2.11. The molecule has 16 heavy (non-hydrogen) atoms. The number of hydrogen-bond donors (Lipinski definition) is 1. The van der Waals surface area contributed by atoms with E-state index in [-0.39, 0.29) is 18.5 Å². The lowest BCUT2D eigenvalue weighted by Gasteiger charge is -2.15. The summed E-state index contributed by atoms with van der Waals surface area (Å²) in [5.74, 6) is 0.422. The summed E-state index contributed by atoms with van der Waals surface area (Å²) in [5, 5.41) is 2.62. The molecule has 3 amide bonds. The fourth-order valence-electron chi connectivity index (χ4n) is 1.43. The molecule has 1 aliphatic rings. The molecule has 0 radical (unpaired) electrons. The summed E-state index contributed by atoms with van der Waals surface area (Å²) in [6, 6.07) is 4.93. The van der Waals surface area contributed by atoms with Crippen molar-refractivity contribution < 1.29 is 9.59 Å². The molecule has 1 saturated heterocycles. The van der Waals surface area contributed by atoms with Crippen LogP contribution in [0.15, 0.2) is 24.4 Å². The number of rotatable bonds is 1. The fraction of sp³-hybridized carbons (Fsp3) is 0.300. The van der Waals surface area contributed by atoms with Gasteiger partial charge in [0.15, 0.2) is 0 Å². The van der Waals surface area contributed by atoms with Gasteiger partial charge in [0.05, 0.1) is 6.67 Å². The number of anilines is 1. The second-order valence-corrected chi connectivity index (χ2v) is 3.58. The molecule has 6 heteroatoms. The van der Waals surface area contributed by atoms with Gasteiger partial charge in [0.25, 0.3) is 0 Å². The largest absolute Gasteiger partial charge is 0.326 e. The van der Waals surface area contributed by atoms with Crippen LogP contribution in [0.25, 0.3) is 0 Å². The predicted molar refractivity (Wildman–Crippen MR) is 57.6 cm³/mol. The van der Waals surface area contributed by atoms with Gasteiger partial charge in [-0.25, -0.2) is 9.78 Å². The van der Waals surface area contributed by atoms with Crippen molar-refractivity contribution in [1.29, 1.82) is 0 Å². The molecule has 0 spiro atoms. The van der Waals surface area contributed by atoms with Crippen molar-refractivity contribution in [2.75, 3.05) is 25.6 Å². The number of hydrogen-bond acceptors (Lipinski definition) is 3. The van der Waals surface area contributed by atoms with E-state index < -0.39 is 0 Å². The third kappa shape index (κ3) is 2.10. The van der Waals surface area contributed by atoms with Gasteiger partial charge >= 0.3 is 6.03 Å². The molecule has 1 aromatic heterocycles. The Labute approximate surface area is 92.9 Å². The van der Waals surface area contributed by atoms with Gasteiger partial charge in [0, 0.05) is 13.2 Å². The van der Waals surface area contributed by atoms with Crippen LogP contribution in [0.1, 0.15) is 0 Å². The van der Waals surface area contributed by atoms with E-state index in [1.165, 1.54) is 9.80 Å². The highest BCUT2D eigenvalue weighted by atomic mass is 16.2.